The Morgan fingerprint density at radius 1 is 1.00 bits per heavy atom. The molecule has 0 atom stereocenters. The fraction of sp³-hybridized carbons (Fsp3) is 0.667. The Morgan fingerprint density at radius 2 is 1.70 bits per heavy atom. The van der Waals surface area contributed by atoms with Gasteiger partial charge in [-0.05, 0) is 49.1 Å². The van der Waals surface area contributed by atoms with Gasteiger partial charge in [0.05, 0.1) is 0 Å². The van der Waals surface area contributed by atoms with Crippen molar-refractivity contribution in [3.8, 4) is 0 Å². The molecule has 2 heterocycles. The van der Waals surface area contributed by atoms with Gasteiger partial charge in [0.15, 0.2) is 0 Å². The number of benzene rings is 1. The van der Waals surface area contributed by atoms with Crippen LogP contribution in [0.15, 0.2) is 30.3 Å². The maximum absolute atomic E-state index is 2.72. The summed E-state index contributed by atoms with van der Waals surface area (Å²) in [5.74, 6) is 0.937. The predicted octanol–water partition coefficient (Wildman–Crippen LogP) is 3.39. The molecule has 1 spiro atoms. The van der Waals surface area contributed by atoms with Gasteiger partial charge in [0.1, 0.15) is 0 Å². The average molecular weight is 270 g/mol. The van der Waals surface area contributed by atoms with E-state index >= 15 is 0 Å². The van der Waals surface area contributed by atoms with Crippen molar-refractivity contribution in [1.82, 2.24) is 4.90 Å². The van der Waals surface area contributed by atoms with Crippen LogP contribution >= 0.6 is 0 Å². The number of anilines is 1. The molecule has 0 N–H and O–H groups in total. The van der Waals surface area contributed by atoms with E-state index in [-0.39, 0.29) is 0 Å². The van der Waals surface area contributed by atoms with Gasteiger partial charge in [0.2, 0.25) is 0 Å². The number of hydrogen-bond acceptors (Lipinski definition) is 2. The van der Waals surface area contributed by atoms with Gasteiger partial charge in [-0.3, -0.25) is 0 Å². The summed E-state index contributed by atoms with van der Waals surface area (Å²) in [4.78, 5) is 5.28. The van der Waals surface area contributed by atoms with Crippen molar-refractivity contribution < 1.29 is 0 Å². The maximum Gasteiger partial charge on any atom is 0.0366 e. The molecule has 0 amide bonds. The molecule has 2 nitrogen and oxygen atoms in total. The van der Waals surface area contributed by atoms with Crippen LogP contribution in [-0.4, -0.2) is 37.6 Å². The maximum atomic E-state index is 2.72. The summed E-state index contributed by atoms with van der Waals surface area (Å²) < 4.78 is 0. The standard InChI is InChI=1S/C18H26N2/c1-2-5-17(6-3-1)20-11-7-16(8-12-20)13-19-14-18(15-19)9-4-10-18/h1-3,5-6,16H,4,7-15H2. The topological polar surface area (TPSA) is 6.48 Å². The van der Waals surface area contributed by atoms with E-state index in [0.29, 0.717) is 0 Å². The zero-order valence-electron chi connectivity index (χ0n) is 12.4. The summed E-state index contributed by atoms with van der Waals surface area (Å²) in [5.41, 5.74) is 2.20. The molecule has 1 aromatic carbocycles. The third kappa shape index (κ3) is 2.35. The van der Waals surface area contributed by atoms with Crippen molar-refractivity contribution in [2.75, 3.05) is 37.6 Å². The quantitative estimate of drug-likeness (QED) is 0.830. The van der Waals surface area contributed by atoms with Gasteiger partial charge in [-0.25, -0.2) is 0 Å². The van der Waals surface area contributed by atoms with E-state index in [0.717, 1.165) is 11.3 Å². The largest absolute Gasteiger partial charge is 0.372 e. The van der Waals surface area contributed by atoms with Crippen molar-refractivity contribution in [3.63, 3.8) is 0 Å². The highest BCUT2D eigenvalue weighted by Crippen LogP contribution is 2.48. The van der Waals surface area contributed by atoms with Crippen molar-refractivity contribution in [1.29, 1.82) is 0 Å². The molecule has 4 rings (SSSR count). The summed E-state index contributed by atoms with van der Waals surface area (Å²) in [5, 5.41) is 0. The molecule has 1 aliphatic carbocycles. The number of rotatable bonds is 3. The van der Waals surface area contributed by atoms with Gasteiger partial charge in [-0.1, -0.05) is 24.6 Å². The van der Waals surface area contributed by atoms with Crippen molar-refractivity contribution in [2.24, 2.45) is 11.3 Å². The number of hydrogen-bond donors (Lipinski definition) is 0. The normalized spacial score (nSPS) is 26.3. The molecule has 0 aromatic heterocycles. The van der Waals surface area contributed by atoms with Gasteiger partial charge < -0.3 is 9.80 Å². The average Bonchev–Trinajstić information content (AvgIpc) is 2.42. The van der Waals surface area contributed by atoms with E-state index in [1.54, 1.807) is 0 Å². The molecule has 0 radical (unpaired) electrons. The third-order valence-corrected chi connectivity index (χ3v) is 5.78. The molecule has 2 saturated heterocycles. The van der Waals surface area contributed by atoms with Gasteiger partial charge in [-0.15, -0.1) is 0 Å². The van der Waals surface area contributed by atoms with Crippen LogP contribution in [-0.2, 0) is 0 Å². The van der Waals surface area contributed by atoms with Crippen LogP contribution in [0.4, 0.5) is 5.69 Å². The highest BCUT2D eigenvalue weighted by atomic mass is 15.2. The zero-order valence-corrected chi connectivity index (χ0v) is 12.4. The smallest absolute Gasteiger partial charge is 0.0366 e. The second-order valence-corrected chi connectivity index (χ2v) is 7.29. The van der Waals surface area contributed by atoms with Gasteiger partial charge in [0.25, 0.3) is 0 Å². The molecule has 1 saturated carbocycles. The lowest BCUT2D eigenvalue weighted by Gasteiger charge is -2.57. The molecule has 3 fully saturated rings. The third-order valence-electron chi connectivity index (χ3n) is 5.78. The number of piperidine rings is 1. The molecule has 2 heteroatoms. The number of para-hydroxylation sites is 1. The lowest BCUT2D eigenvalue weighted by Crippen LogP contribution is -2.60. The molecule has 1 aromatic rings. The van der Waals surface area contributed by atoms with Gasteiger partial charge in [-0.2, -0.15) is 0 Å². The van der Waals surface area contributed by atoms with Crippen molar-refractivity contribution >= 4 is 5.69 Å². The molecule has 20 heavy (non-hydrogen) atoms. The van der Waals surface area contributed by atoms with Crippen molar-refractivity contribution in [3.05, 3.63) is 30.3 Å². The van der Waals surface area contributed by atoms with Gasteiger partial charge >= 0.3 is 0 Å². The molecule has 108 valence electrons. The fourth-order valence-corrected chi connectivity index (χ4v) is 4.40. The van der Waals surface area contributed by atoms with Crippen LogP contribution in [0.3, 0.4) is 0 Å². The SMILES string of the molecule is c1ccc(N2CCC(CN3CC4(CCC4)C3)CC2)cc1. The Labute approximate surface area is 122 Å². The summed E-state index contributed by atoms with van der Waals surface area (Å²) in [7, 11) is 0. The molecular formula is C18H26N2. The monoisotopic (exact) mass is 270 g/mol. The van der Waals surface area contributed by atoms with Crippen LogP contribution in [0.25, 0.3) is 0 Å². The second-order valence-electron chi connectivity index (χ2n) is 7.29. The van der Waals surface area contributed by atoms with E-state index < -0.39 is 0 Å². The Kier molecular flexibility index (Phi) is 3.22. The molecule has 2 aliphatic heterocycles. The highest BCUT2D eigenvalue weighted by Gasteiger charge is 2.47. The summed E-state index contributed by atoms with van der Waals surface area (Å²) in [6, 6.07) is 10.9. The van der Waals surface area contributed by atoms with E-state index in [1.165, 1.54) is 70.5 Å². The minimum Gasteiger partial charge on any atom is -0.372 e. The minimum atomic E-state index is 0.796. The van der Waals surface area contributed by atoms with E-state index in [2.05, 4.69) is 40.1 Å². The van der Waals surface area contributed by atoms with E-state index in [9.17, 15) is 0 Å². The predicted molar refractivity (Wildman–Crippen MR) is 84.1 cm³/mol. The first kappa shape index (κ1) is 12.7. The highest BCUT2D eigenvalue weighted by molar-refractivity contribution is 5.46. The van der Waals surface area contributed by atoms with Crippen molar-refractivity contribution in [2.45, 2.75) is 32.1 Å². The molecule has 3 aliphatic rings. The first-order valence-electron chi connectivity index (χ1n) is 8.35. The Morgan fingerprint density at radius 3 is 2.30 bits per heavy atom. The minimum absolute atomic E-state index is 0.796. The van der Waals surface area contributed by atoms with E-state index in [1.807, 2.05) is 0 Å². The zero-order chi connectivity index (χ0) is 13.4. The fourth-order valence-electron chi connectivity index (χ4n) is 4.40. The lowest BCUT2D eigenvalue weighted by molar-refractivity contribution is -0.0676. The first-order chi connectivity index (χ1) is 9.83. The molecular weight excluding hydrogens is 244 g/mol. The van der Waals surface area contributed by atoms with Crippen LogP contribution in [0.2, 0.25) is 0 Å². The number of nitrogens with zero attached hydrogens (tertiary/aromatic N) is 2. The molecule has 0 unspecified atom stereocenters. The first-order valence-corrected chi connectivity index (χ1v) is 8.35. The number of likely N-dealkylation sites (tertiary alicyclic amines) is 1. The summed E-state index contributed by atoms with van der Waals surface area (Å²) in [6.45, 7) is 6.67. The Hall–Kier alpha value is -1.02. The summed E-state index contributed by atoms with van der Waals surface area (Å²) >= 11 is 0. The van der Waals surface area contributed by atoms with Crippen LogP contribution in [0, 0.1) is 11.3 Å². The van der Waals surface area contributed by atoms with E-state index in [4.69, 9.17) is 0 Å². The van der Waals surface area contributed by atoms with Crippen LogP contribution < -0.4 is 4.90 Å². The Bertz CT molecular complexity index is 436. The Balaban J connectivity index is 1.24. The van der Waals surface area contributed by atoms with Gasteiger partial charge in [0, 0.05) is 38.4 Å². The summed E-state index contributed by atoms with van der Waals surface area (Å²) in [6.07, 6.45) is 7.26. The van der Waals surface area contributed by atoms with Crippen LogP contribution in [0.1, 0.15) is 32.1 Å². The second kappa shape index (κ2) is 5.07. The molecule has 0 bridgehead atoms. The van der Waals surface area contributed by atoms with Crippen LogP contribution in [0.5, 0.6) is 0 Å². The lowest BCUT2D eigenvalue weighted by atomic mass is 9.63.